The highest BCUT2D eigenvalue weighted by Gasteiger charge is 2.13. The summed E-state index contributed by atoms with van der Waals surface area (Å²) in [6.07, 6.45) is 2.94. The fourth-order valence-electron chi connectivity index (χ4n) is 1.81. The van der Waals surface area contributed by atoms with E-state index in [-0.39, 0.29) is 0 Å². The number of aryl methyl sites for hydroxylation is 1. The van der Waals surface area contributed by atoms with Crippen LogP contribution in [0.5, 0.6) is 0 Å². The van der Waals surface area contributed by atoms with Crippen molar-refractivity contribution < 1.29 is 4.79 Å². The Bertz CT molecular complexity index is 349. The number of nitrogens with one attached hydrogen (secondary N) is 2. The van der Waals surface area contributed by atoms with Crippen molar-refractivity contribution in [2.45, 2.75) is 25.8 Å². The predicted molar refractivity (Wildman–Crippen MR) is 57.5 cm³/mol. The first kappa shape index (κ1) is 9.06. The Labute approximate surface area is 83.5 Å². The fraction of sp³-hybridized carbons (Fsp3) is 0.364. The van der Waals surface area contributed by atoms with Crippen molar-refractivity contribution in [3.63, 3.8) is 0 Å². The maximum atomic E-state index is 10.3. The lowest BCUT2D eigenvalue weighted by Crippen LogP contribution is -2.21. The van der Waals surface area contributed by atoms with Crippen LogP contribution in [0.15, 0.2) is 18.2 Å². The van der Waals surface area contributed by atoms with Crippen molar-refractivity contribution in [3.05, 3.63) is 23.8 Å². The van der Waals surface area contributed by atoms with Gasteiger partial charge in [-0.3, -0.25) is 4.79 Å². The number of carbonyl (C=O) groups is 1. The zero-order chi connectivity index (χ0) is 9.97. The third-order valence-electron chi connectivity index (χ3n) is 2.58. The molecule has 14 heavy (non-hydrogen) atoms. The number of amides is 1. The van der Waals surface area contributed by atoms with E-state index in [0.29, 0.717) is 12.5 Å². The van der Waals surface area contributed by atoms with Crippen LogP contribution in [0.25, 0.3) is 0 Å². The van der Waals surface area contributed by atoms with E-state index < -0.39 is 0 Å². The summed E-state index contributed by atoms with van der Waals surface area (Å²) in [4.78, 5) is 10.3. The molecule has 1 aromatic rings. The van der Waals surface area contributed by atoms with Gasteiger partial charge in [0.05, 0.1) is 0 Å². The summed E-state index contributed by atoms with van der Waals surface area (Å²) in [5, 5.41) is 6.07. The Morgan fingerprint density at radius 1 is 1.57 bits per heavy atom. The Morgan fingerprint density at radius 2 is 2.43 bits per heavy atom. The molecule has 0 aromatic heterocycles. The van der Waals surface area contributed by atoms with E-state index in [1.54, 1.807) is 0 Å². The molecule has 1 unspecified atom stereocenters. The van der Waals surface area contributed by atoms with Gasteiger partial charge in [-0.25, -0.2) is 0 Å². The minimum atomic E-state index is 0.549. The molecule has 0 fully saturated rings. The lowest BCUT2D eigenvalue weighted by atomic mass is 9.98. The molecule has 0 spiro atoms. The predicted octanol–water partition coefficient (Wildman–Crippen LogP) is 2.00. The third-order valence-corrected chi connectivity index (χ3v) is 2.58. The molecule has 0 radical (unpaired) electrons. The summed E-state index contributed by atoms with van der Waals surface area (Å²) >= 11 is 0. The van der Waals surface area contributed by atoms with Crippen LogP contribution in [-0.4, -0.2) is 12.5 Å². The molecule has 3 nitrogen and oxygen atoms in total. The van der Waals surface area contributed by atoms with Crippen molar-refractivity contribution in [2.75, 3.05) is 10.6 Å². The summed E-state index contributed by atoms with van der Waals surface area (Å²) in [5.74, 6) is 0. The van der Waals surface area contributed by atoms with Gasteiger partial charge < -0.3 is 10.6 Å². The standard InChI is InChI=1S/C11H14N2O/c1-8-2-3-9-6-10(12-7-14)4-5-11(9)13-8/h4-8,13H,2-3H2,1H3,(H,12,14). The third kappa shape index (κ3) is 1.71. The zero-order valence-electron chi connectivity index (χ0n) is 8.21. The molecule has 1 heterocycles. The molecule has 2 N–H and O–H groups in total. The second-order valence-corrected chi connectivity index (χ2v) is 3.72. The van der Waals surface area contributed by atoms with Gasteiger partial charge >= 0.3 is 0 Å². The molecule has 1 aromatic carbocycles. The summed E-state index contributed by atoms with van der Waals surface area (Å²) < 4.78 is 0. The van der Waals surface area contributed by atoms with Crippen LogP contribution in [0.1, 0.15) is 18.9 Å². The van der Waals surface area contributed by atoms with Gasteiger partial charge in [0.25, 0.3) is 0 Å². The molecular formula is C11H14N2O. The van der Waals surface area contributed by atoms with Gasteiger partial charge in [0.1, 0.15) is 0 Å². The molecule has 0 bridgehead atoms. The number of hydrogen-bond acceptors (Lipinski definition) is 2. The minimum Gasteiger partial charge on any atom is -0.382 e. The van der Waals surface area contributed by atoms with Crippen LogP contribution in [-0.2, 0) is 11.2 Å². The smallest absolute Gasteiger partial charge is 0.211 e. The number of anilines is 2. The van der Waals surface area contributed by atoms with Gasteiger partial charge in [-0.15, -0.1) is 0 Å². The maximum absolute atomic E-state index is 10.3. The fourth-order valence-corrected chi connectivity index (χ4v) is 1.81. The lowest BCUT2D eigenvalue weighted by Gasteiger charge is -2.24. The minimum absolute atomic E-state index is 0.549. The second kappa shape index (κ2) is 3.70. The van der Waals surface area contributed by atoms with Crippen molar-refractivity contribution in [3.8, 4) is 0 Å². The van der Waals surface area contributed by atoms with Gasteiger partial charge in [-0.05, 0) is 43.5 Å². The molecule has 0 saturated heterocycles. The Balaban J connectivity index is 2.26. The van der Waals surface area contributed by atoms with Gasteiger partial charge in [0, 0.05) is 17.4 Å². The summed E-state index contributed by atoms with van der Waals surface area (Å²) in [5.41, 5.74) is 3.35. The maximum Gasteiger partial charge on any atom is 0.211 e. The molecule has 1 aliphatic heterocycles. The highest BCUT2D eigenvalue weighted by molar-refractivity contribution is 5.73. The molecular weight excluding hydrogens is 176 g/mol. The molecule has 3 heteroatoms. The summed E-state index contributed by atoms with van der Waals surface area (Å²) in [7, 11) is 0. The van der Waals surface area contributed by atoms with Crippen LogP contribution in [0, 0.1) is 0 Å². The van der Waals surface area contributed by atoms with Crippen LogP contribution in [0.2, 0.25) is 0 Å². The van der Waals surface area contributed by atoms with Gasteiger partial charge in [0.2, 0.25) is 6.41 Å². The largest absolute Gasteiger partial charge is 0.382 e. The van der Waals surface area contributed by atoms with Crippen LogP contribution < -0.4 is 10.6 Å². The Hall–Kier alpha value is -1.51. The Morgan fingerprint density at radius 3 is 3.21 bits per heavy atom. The highest BCUT2D eigenvalue weighted by atomic mass is 16.1. The van der Waals surface area contributed by atoms with Crippen molar-refractivity contribution in [2.24, 2.45) is 0 Å². The Kier molecular flexibility index (Phi) is 2.39. The van der Waals surface area contributed by atoms with E-state index >= 15 is 0 Å². The van der Waals surface area contributed by atoms with Gasteiger partial charge in [-0.2, -0.15) is 0 Å². The zero-order valence-corrected chi connectivity index (χ0v) is 8.21. The molecule has 1 atom stereocenters. The first-order valence-corrected chi connectivity index (χ1v) is 4.89. The van der Waals surface area contributed by atoms with Crippen molar-refractivity contribution >= 4 is 17.8 Å². The van der Waals surface area contributed by atoms with Crippen LogP contribution >= 0.6 is 0 Å². The van der Waals surface area contributed by atoms with E-state index in [9.17, 15) is 4.79 Å². The SMILES string of the molecule is CC1CCc2cc(NC=O)ccc2N1. The molecule has 74 valence electrons. The molecule has 0 saturated carbocycles. The van der Waals surface area contributed by atoms with Gasteiger partial charge in [0.15, 0.2) is 0 Å². The van der Waals surface area contributed by atoms with Crippen LogP contribution in [0.4, 0.5) is 11.4 Å². The molecule has 1 aliphatic rings. The summed E-state index contributed by atoms with van der Waals surface area (Å²) in [6, 6.07) is 6.52. The van der Waals surface area contributed by atoms with E-state index in [1.807, 2.05) is 18.2 Å². The van der Waals surface area contributed by atoms with Crippen molar-refractivity contribution in [1.82, 2.24) is 0 Å². The highest BCUT2D eigenvalue weighted by Crippen LogP contribution is 2.27. The number of hydrogen-bond donors (Lipinski definition) is 2. The van der Waals surface area contributed by atoms with Gasteiger partial charge in [-0.1, -0.05) is 0 Å². The topological polar surface area (TPSA) is 41.1 Å². The van der Waals surface area contributed by atoms with Crippen LogP contribution in [0.3, 0.4) is 0 Å². The first-order chi connectivity index (χ1) is 6.79. The van der Waals surface area contributed by atoms with E-state index in [4.69, 9.17) is 0 Å². The quantitative estimate of drug-likeness (QED) is 0.700. The average Bonchev–Trinajstić information content (AvgIpc) is 2.19. The average molecular weight is 190 g/mol. The van der Waals surface area contributed by atoms with E-state index in [0.717, 1.165) is 18.5 Å². The number of carbonyl (C=O) groups excluding carboxylic acids is 1. The number of rotatable bonds is 2. The molecule has 1 amide bonds. The van der Waals surface area contributed by atoms with E-state index in [2.05, 4.69) is 17.6 Å². The number of fused-ring (bicyclic) bond motifs is 1. The van der Waals surface area contributed by atoms with Crippen molar-refractivity contribution in [1.29, 1.82) is 0 Å². The number of benzene rings is 1. The summed E-state index contributed by atoms with van der Waals surface area (Å²) in [6.45, 7) is 2.18. The van der Waals surface area contributed by atoms with E-state index in [1.165, 1.54) is 11.3 Å². The normalized spacial score (nSPS) is 19.4. The second-order valence-electron chi connectivity index (χ2n) is 3.72. The first-order valence-electron chi connectivity index (χ1n) is 4.89. The lowest BCUT2D eigenvalue weighted by molar-refractivity contribution is -0.105. The molecule has 2 rings (SSSR count). The molecule has 0 aliphatic carbocycles. The monoisotopic (exact) mass is 190 g/mol.